The van der Waals surface area contributed by atoms with E-state index in [1.807, 2.05) is 0 Å². The number of carbonyl (C=O) groups is 2. The fourth-order valence-electron chi connectivity index (χ4n) is 2.17. The van der Waals surface area contributed by atoms with Gasteiger partial charge in [0.15, 0.2) is 0 Å². The molecule has 0 saturated heterocycles. The van der Waals surface area contributed by atoms with Crippen LogP contribution in [0, 0.1) is 5.92 Å². The molecule has 2 rings (SSSR count). The number of hydrogen-bond acceptors (Lipinski definition) is 4. The van der Waals surface area contributed by atoms with Crippen LogP contribution in [0.4, 0.5) is 10.7 Å². The number of carboxylic acid groups (broad SMARTS) is 1. The second kappa shape index (κ2) is 5.44. The molecule has 1 amide bonds. The van der Waals surface area contributed by atoms with Gasteiger partial charge in [-0.05, 0) is 30.7 Å². The molecular weight excluding hydrogens is 264 g/mol. The van der Waals surface area contributed by atoms with E-state index in [0.717, 1.165) is 37.0 Å². The highest BCUT2D eigenvalue weighted by molar-refractivity contribution is 7.17. The summed E-state index contributed by atoms with van der Waals surface area (Å²) in [6.07, 6.45) is 4.84. The Bertz CT molecular complexity index is 548. The molecule has 0 spiro atoms. The average Bonchev–Trinajstić information content (AvgIpc) is 2.63. The molecule has 1 aromatic rings. The van der Waals surface area contributed by atoms with Crippen molar-refractivity contribution in [1.82, 2.24) is 0 Å². The zero-order valence-corrected chi connectivity index (χ0v) is 11.4. The summed E-state index contributed by atoms with van der Waals surface area (Å²) in [5, 5.41) is 11.7. The van der Waals surface area contributed by atoms with Crippen molar-refractivity contribution in [3.8, 4) is 0 Å². The molecule has 1 aliphatic carbocycles. The predicted octanol–water partition coefficient (Wildman–Crippen LogP) is 2.03. The van der Waals surface area contributed by atoms with Gasteiger partial charge in [-0.1, -0.05) is 6.92 Å². The summed E-state index contributed by atoms with van der Waals surface area (Å²) in [6, 6.07) is 0. The van der Waals surface area contributed by atoms with Gasteiger partial charge < -0.3 is 16.2 Å². The van der Waals surface area contributed by atoms with Crippen molar-refractivity contribution in [2.24, 2.45) is 5.92 Å². The Morgan fingerprint density at radius 2 is 2.21 bits per heavy atom. The van der Waals surface area contributed by atoms with Crippen LogP contribution in [-0.4, -0.2) is 17.0 Å². The fraction of sp³-hybridized carbons (Fsp3) is 0.385. The van der Waals surface area contributed by atoms with Gasteiger partial charge in [0.05, 0.1) is 5.69 Å². The lowest BCUT2D eigenvalue weighted by Crippen LogP contribution is -2.10. The summed E-state index contributed by atoms with van der Waals surface area (Å²) in [5.74, 6) is -0.982. The van der Waals surface area contributed by atoms with Crippen molar-refractivity contribution in [3.05, 3.63) is 22.6 Å². The van der Waals surface area contributed by atoms with Gasteiger partial charge in [0, 0.05) is 17.0 Å². The topological polar surface area (TPSA) is 92.4 Å². The van der Waals surface area contributed by atoms with Crippen LogP contribution in [0.1, 0.15) is 23.8 Å². The Morgan fingerprint density at radius 3 is 2.89 bits per heavy atom. The molecule has 0 fully saturated rings. The lowest BCUT2D eigenvalue weighted by molar-refractivity contribution is -0.131. The van der Waals surface area contributed by atoms with Gasteiger partial charge in [-0.3, -0.25) is 4.79 Å². The van der Waals surface area contributed by atoms with Gasteiger partial charge in [0.2, 0.25) is 5.91 Å². The quantitative estimate of drug-likeness (QED) is 0.739. The number of amides is 1. The monoisotopic (exact) mass is 280 g/mol. The Morgan fingerprint density at radius 1 is 1.47 bits per heavy atom. The Kier molecular flexibility index (Phi) is 3.90. The molecule has 19 heavy (non-hydrogen) atoms. The number of hydrogen-bond donors (Lipinski definition) is 3. The maximum absolute atomic E-state index is 11.5. The molecule has 0 radical (unpaired) electrons. The van der Waals surface area contributed by atoms with Crippen LogP contribution < -0.4 is 11.1 Å². The van der Waals surface area contributed by atoms with Crippen LogP contribution in [0.25, 0.3) is 0 Å². The SMILES string of the molecule is CC1CCc2c(sc(NC(=O)/C=C/C(=O)O)c2N)C1. The highest BCUT2D eigenvalue weighted by Gasteiger charge is 2.22. The number of carbonyl (C=O) groups excluding carboxylic acids is 1. The Hall–Kier alpha value is -1.82. The molecule has 0 aliphatic heterocycles. The van der Waals surface area contributed by atoms with Crippen LogP contribution in [0.2, 0.25) is 0 Å². The number of aliphatic carboxylic acids is 1. The second-order valence-electron chi connectivity index (χ2n) is 4.76. The molecular formula is C13H16N2O3S. The Labute approximate surface area is 115 Å². The van der Waals surface area contributed by atoms with Crippen LogP contribution in [0.15, 0.2) is 12.2 Å². The maximum Gasteiger partial charge on any atom is 0.328 e. The second-order valence-corrected chi connectivity index (χ2v) is 5.86. The molecule has 1 aromatic heterocycles. The van der Waals surface area contributed by atoms with E-state index in [1.165, 1.54) is 16.2 Å². The summed E-state index contributed by atoms with van der Waals surface area (Å²) in [7, 11) is 0. The number of anilines is 2. The number of fused-ring (bicyclic) bond motifs is 1. The smallest absolute Gasteiger partial charge is 0.328 e. The third-order valence-corrected chi connectivity index (χ3v) is 4.35. The van der Waals surface area contributed by atoms with Gasteiger partial charge in [0.1, 0.15) is 5.00 Å². The van der Waals surface area contributed by atoms with Crippen molar-refractivity contribution in [3.63, 3.8) is 0 Å². The van der Waals surface area contributed by atoms with Gasteiger partial charge >= 0.3 is 5.97 Å². The number of nitrogens with two attached hydrogens (primary N) is 1. The van der Waals surface area contributed by atoms with E-state index >= 15 is 0 Å². The third kappa shape index (κ3) is 3.14. The third-order valence-electron chi connectivity index (χ3n) is 3.17. The first-order valence-corrected chi connectivity index (χ1v) is 6.91. The van der Waals surface area contributed by atoms with E-state index in [4.69, 9.17) is 10.8 Å². The van der Waals surface area contributed by atoms with Gasteiger partial charge in [-0.2, -0.15) is 0 Å². The summed E-state index contributed by atoms with van der Waals surface area (Å²) in [6.45, 7) is 2.20. The Balaban J connectivity index is 2.14. The van der Waals surface area contributed by atoms with E-state index in [1.54, 1.807) is 0 Å². The minimum atomic E-state index is -1.15. The highest BCUT2D eigenvalue weighted by atomic mass is 32.1. The van der Waals surface area contributed by atoms with Crippen molar-refractivity contribution >= 4 is 33.9 Å². The maximum atomic E-state index is 11.5. The van der Waals surface area contributed by atoms with E-state index in [0.29, 0.717) is 16.6 Å². The predicted molar refractivity (Wildman–Crippen MR) is 75.3 cm³/mol. The summed E-state index contributed by atoms with van der Waals surface area (Å²) in [4.78, 5) is 23.1. The number of nitrogens with one attached hydrogen (secondary N) is 1. The van der Waals surface area contributed by atoms with Crippen LogP contribution in [0.5, 0.6) is 0 Å². The molecule has 1 heterocycles. The molecule has 1 unspecified atom stereocenters. The number of carboxylic acids is 1. The van der Waals surface area contributed by atoms with Crippen molar-refractivity contribution < 1.29 is 14.7 Å². The lowest BCUT2D eigenvalue weighted by atomic mass is 9.90. The number of thiophene rings is 1. The molecule has 1 atom stereocenters. The van der Waals surface area contributed by atoms with Gasteiger partial charge in [-0.15, -0.1) is 11.3 Å². The molecule has 0 aromatic carbocycles. The van der Waals surface area contributed by atoms with E-state index in [9.17, 15) is 9.59 Å². The largest absolute Gasteiger partial charge is 0.478 e. The first-order valence-electron chi connectivity index (χ1n) is 6.09. The summed E-state index contributed by atoms with van der Waals surface area (Å²) < 4.78 is 0. The summed E-state index contributed by atoms with van der Waals surface area (Å²) >= 11 is 1.49. The molecule has 0 saturated carbocycles. The molecule has 102 valence electrons. The molecule has 5 nitrogen and oxygen atoms in total. The van der Waals surface area contributed by atoms with Crippen molar-refractivity contribution in [1.29, 1.82) is 0 Å². The van der Waals surface area contributed by atoms with E-state index < -0.39 is 11.9 Å². The van der Waals surface area contributed by atoms with Crippen molar-refractivity contribution in [2.45, 2.75) is 26.2 Å². The lowest BCUT2D eigenvalue weighted by Gasteiger charge is -2.17. The molecule has 1 aliphatic rings. The average molecular weight is 280 g/mol. The van der Waals surface area contributed by atoms with Crippen LogP contribution >= 0.6 is 11.3 Å². The normalized spacial score (nSPS) is 18.3. The first-order chi connectivity index (χ1) is 8.97. The molecule has 0 bridgehead atoms. The van der Waals surface area contributed by atoms with Gasteiger partial charge in [-0.25, -0.2) is 4.79 Å². The van der Waals surface area contributed by atoms with Gasteiger partial charge in [0.25, 0.3) is 0 Å². The standard InChI is InChI=1S/C13H16N2O3S/c1-7-2-3-8-9(6-7)19-13(12(8)14)15-10(16)4-5-11(17)18/h4-5,7H,2-3,6,14H2,1H3,(H,15,16)(H,17,18)/b5-4+. The minimum Gasteiger partial charge on any atom is -0.478 e. The molecule has 6 heteroatoms. The number of rotatable bonds is 3. The van der Waals surface area contributed by atoms with Crippen molar-refractivity contribution in [2.75, 3.05) is 11.1 Å². The zero-order valence-electron chi connectivity index (χ0n) is 10.6. The van der Waals surface area contributed by atoms with Crippen LogP contribution in [0.3, 0.4) is 0 Å². The van der Waals surface area contributed by atoms with E-state index in [-0.39, 0.29) is 0 Å². The minimum absolute atomic E-state index is 0.472. The van der Waals surface area contributed by atoms with E-state index in [2.05, 4.69) is 12.2 Å². The number of nitrogen functional groups attached to an aromatic ring is 1. The zero-order chi connectivity index (χ0) is 14.0. The summed E-state index contributed by atoms with van der Waals surface area (Å²) in [5.41, 5.74) is 7.80. The van der Waals surface area contributed by atoms with Crippen LogP contribution in [-0.2, 0) is 22.4 Å². The molecule has 4 N–H and O–H groups in total. The highest BCUT2D eigenvalue weighted by Crippen LogP contribution is 2.41. The fourth-order valence-corrected chi connectivity index (χ4v) is 3.50. The first kappa shape index (κ1) is 13.6.